The zero-order valence-electron chi connectivity index (χ0n) is 16.3. The summed E-state index contributed by atoms with van der Waals surface area (Å²) in [6.07, 6.45) is 1.49. The molecule has 148 valence electrons. The Hall–Kier alpha value is -3.26. The maximum atomic E-state index is 13.0. The van der Waals surface area contributed by atoms with Crippen molar-refractivity contribution in [1.82, 2.24) is 14.7 Å². The molecule has 4 aromatic rings. The molecule has 0 aliphatic heterocycles. The number of nitrogens with zero attached hydrogens (tertiary/aromatic N) is 3. The molecule has 0 radical (unpaired) electrons. The van der Waals surface area contributed by atoms with Gasteiger partial charge in [0.15, 0.2) is 0 Å². The van der Waals surface area contributed by atoms with Crippen molar-refractivity contribution in [1.29, 1.82) is 0 Å². The highest BCUT2D eigenvalue weighted by molar-refractivity contribution is 7.20. The molecule has 0 aliphatic carbocycles. The van der Waals surface area contributed by atoms with Crippen molar-refractivity contribution < 1.29 is 14.1 Å². The monoisotopic (exact) mass is 409 g/mol. The number of aryl methyl sites for hydroxylation is 3. The van der Waals surface area contributed by atoms with E-state index in [1.54, 1.807) is 6.92 Å². The van der Waals surface area contributed by atoms with Gasteiger partial charge in [-0.05, 0) is 31.9 Å². The molecule has 0 atom stereocenters. The second-order valence-corrected chi connectivity index (χ2v) is 7.78. The summed E-state index contributed by atoms with van der Waals surface area (Å²) in [5.41, 5.74) is 2.88. The summed E-state index contributed by atoms with van der Waals surface area (Å²) in [7, 11) is 0. The summed E-state index contributed by atoms with van der Waals surface area (Å²) in [5, 5.41) is 4.37. The molecule has 3 heterocycles. The van der Waals surface area contributed by atoms with Gasteiger partial charge in [-0.2, -0.15) is 0 Å². The van der Waals surface area contributed by atoms with Gasteiger partial charge in [0.1, 0.15) is 22.1 Å². The van der Waals surface area contributed by atoms with E-state index < -0.39 is 5.97 Å². The average molecular weight is 409 g/mol. The average Bonchev–Trinajstić information content (AvgIpc) is 3.23. The topological polar surface area (TPSA) is 87.2 Å². The van der Waals surface area contributed by atoms with E-state index >= 15 is 0 Å². The van der Waals surface area contributed by atoms with E-state index in [0.29, 0.717) is 33.0 Å². The summed E-state index contributed by atoms with van der Waals surface area (Å²) in [5.74, 6) is 0.216. The predicted molar refractivity (Wildman–Crippen MR) is 109 cm³/mol. The van der Waals surface area contributed by atoms with Crippen molar-refractivity contribution in [2.24, 2.45) is 0 Å². The Bertz CT molecular complexity index is 1230. The summed E-state index contributed by atoms with van der Waals surface area (Å²) in [4.78, 5) is 30.9. The summed E-state index contributed by atoms with van der Waals surface area (Å²) < 4.78 is 12.1. The molecule has 8 heteroatoms. The third-order valence-corrected chi connectivity index (χ3v) is 6.00. The van der Waals surface area contributed by atoms with Crippen molar-refractivity contribution in [3.8, 4) is 0 Å². The van der Waals surface area contributed by atoms with Crippen molar-refractivity contribution in [2.45, 2.75) is 33.9 Å². The van der Waals surface area contributed by atoms with Crippen LogP contribution in [0.25, 0.3) is 10.2 Å². The molecule has 0 saturated heterocycles. The first-order valence-electron chi connectivity index (χ1n) is 9.07. The van der Waals surface area contributed by atoms with Gasteiger partial charge in [0.25, 0.3) is 5.56 Å². The molecule has 0 amide bonds. The van der Waals surface area contributed by atoms with Gasteiger partial charge in [0, 0.05) is 5.56 Å². The number of carbonyl (C=O) groups excluding carboxylic acids is 1. The van der Waals surface area contributed by atoms with E-state index in [4.69, 9.17) is 9.26 Å². The minimum Gasteiger partial charge on any atom is -0.457 e. The Morgan fingerprint density at radius 3 is 2.66 bits per heavy atom. The van der Waals surface area contributed by atoms with Crippen molar-refractivity contribution >= 4 is 27.5 Å². The van der Waals surface area contributed by atoms with Crippen LogP contribution in [0.4, 0.5) is 0 Å². The zero-order chi connectivity index (χ0) is 20.5. The molecule has 0 spiro atoms. The third kappa shape index (κ3) is 3.58. The number of ether oxygens (including phenoxy) is 1. The SMILES string of the molecule is Cc1noc(C)c1Cn1cnc2sc(C(=O)OCc3ccccc3)c(C)c2c1=O. The van der Waals surface area contributed by atoms with Gasteiger partial charge >= 0.3 is 5.97 Å². The first-order chi connectivity index (χ1) is 14.0. The minimum absolute atomic E-state index is 0.178. The summed E-state index contributed by atoms with van der Waals surface area (Å²) in [6.45, 7) is 5.88. The lowest BCUT2D eigenvalue weighted by molar-refractivity contribution is 0.0478. The highest BCUT2D eigenvalue weighted by Crippen LogP contribution is 2.28. The van der Waals surface area contributed by atoms with Crippen LogP contribution in [0.15, 0.2) is 46.0 Å². The van der Waals surface area contributed by atoms with Crippen LogP contribution in [-0.2, 0) is 17.9 Å². The number of hydrogen-bond acceptors (Lipinski definition) is 7. The Morgan fingerprint density at radius 2 is 1.97 bits per heavy atom. The van der Waals surface area contributed by atoms with Crippen LogP contribution in [-0.4, -0.2) is 20.7 Å². The number of hydrogen-bond donors (Lipinski definition) is 0. The fourth-order valence-corrected chi connectivity index (χ4v) is 4.19. The van der Waals surface area contributed by atoms with Crippen LogP contribution in [0, 0.1) is 20.8 Å². The van der Waals surface area contributed by atoms with Crippen LogP contribution < -0.4 is 5.56 Å². The number of fused-ring (bicyclic) bond motifs is 1. The molecule has 0 bridgehead atoms. The number of benzene rings is 1. The van der Waals surface area contributed by atoms with Gasteiger partial charge in [-0.15, -0.1) is 11.3 Å². The molecule has 29 heavy (non-hydrogen) atoms. The van der Waals surface area contributed by atoms with Gasteiger partial charge in [-0.25, -0.2) is 9.78 Å². The van der Waals surface area contributed by atoms with Gasteiger partial charge < -0.3 is 9.26 Å². The van der Waals surface area contributed by atoms with Crippen LogP contribution in [0.1, 0.15) is 37.8 Å². The molecule has 0 aliphatic rings. The molecule has 3 aromatic heterocycles. The fourth-order valence-electron chi connectivity index (χ4n) is 3.15. The van der Waals surface area contributed by atoms with E-state index in [1.165, 1.54) is 22.2 Å². The van der Waals surface area contributed by atoms with Gasteiger partial charge in [0.2, 0.25) is 0 Å². The van der Waals surface area contributed by atoms with Gasteiger partial charge in [0.05, 0.1) is 24.0 Å². The normalized spacial score (nSPS) is 11.1. The van der Waals surface area contributed by atoms with Crippen molar-refractivity contribution in [3.63, 3.8) is 0 Å². The summed E-state index contributed by atoms with van der Waals surface area (Å²) >= 11 is 1.17. The number of thiophene rings is 1. The molecular formula is C21H19N3O4S. The molecule has 4 rings (SSSR count). The van der Waals surface area contributed by atoms with Crippen LogP contribution in [0.3, 0.4) is 0 Å². The van der Waals surface area contributed by atoms with Crippen LogP contribution >= 0.6 is 11.3 Å². The van der Waals surface area contributed by atoms with E-state index in [-0.39, 0.29) is 12.2 Å². The first-order valence-corrected chi connectivity index (χ1v) is 9.88. The molecule has 0 unspecified atom stereocenters. The maximum absolute atomic E-state index is 13.0. The summed E-state index contributed by atoms with van der Waals surface area (Å²) in [6, 6.07) is 9.46. The van der Waals surface area contributed by atoms with E-state index in [1.807, 2.05) is 44.2 Å². The highest BCUT2D eigenvalue weighted by Gasteiger charge is 2.21. The van der Waals surface area contributed by atoms with Crippen molar-refractivity contribution in [2.75, 3.05) is 0 Å². The second-order valence-electron chi connectivity index (χ2n) is 6.78. The quantitative estimate of drug-likeness (QED) is 0.466. The lowest BCUT2D eigenvalue weighted by atomic mass is 10.2. The molecule has 0 N–H and O–H groups in total. The lowest BCUT2D eigenvalue weighted by Crippen LogP contribution is -2.21. The number of rotatable bonds is 5. The lowest BCUT2D eigenvalue weighted by Gasteiger charge is -2.05. The molecular weight excluding hydrogens is 390 g/mol. The van der Waals surface area contributed by atoms with E-state index in [0.717, 1.165) is 16.8 Å². The van der Waals surface area contributed by atoms with Crippen LogP contribution in [0.2, 0.25) is 0 Å². The molecule has 0 saturated carbocycles. The predicted octanol–water partition coefficient (Wildman–Crippen LogP) is 3.78. The fraction of sp³-hybridized carbons (Fsp3) is 0.238. The minimum atomic E-state index is -0.453. The zero-order valence-corrected chi connectivity index (χ0v) is 17.1. The Labute approximate surface area is 170 Å². The smallest absolute Gasteiger partial charge is 0.349 e. The Kier molecular flexibility index (Phi) is 5.02. The van der Waals surface area contributed by atoms with Gasteiger partial charge in [-0.1, -0.05) is 35.5 Å². The van der Waals surface area contributed by atoms with E-state index in [2.05, 4.69) is 10.1 Å². The Balaban J connectivity index is 1.64. The second kappa shape index (κ2) is 7.63. The highest BCUT2D eigenvalue weighted by atomic mass is 32.1. The van der Waals surface area contributed by atoms with Crippen molar-refractivity contribution in [3.05, 3.63) is 80.0 Å². The number of aromatic nitrogens is 3. The van der Waals surface area contributed by atoms with E-state index in [9.17, 15) is 9.59 Å². The third-order valence-electron chi connectivity index (χ3n) is 4.83. The standard InChI is InChI=1S/C21H19N3O4S/c1-12-17-19(29-18(12)21(26)27-10-15-7-5-4-6-8-15)22-11-24(20(17)25)9-16-13(2)23-28-14(16)3/h4-8,11H,9-10H2,1-3H3. The maximum Gasteiger partial charge on any atom is 0.349 e. The molecule has 1 aromatic carbocycles. The number of carbonyl (C=O) groups is 1. The largest absolute Gasteiger partial charge is 0.457 e. The first kappa shape index (κ1) is 19.1. The van der Waals surface area contributed by atoms with Crippen LogP contribution in [0.5, 0.6) is 0 Å². The molecule has 7 nitrogen and oxygen atoms in total. The Morgan fingerprint density at radius 1 is 1.21 bits per heavy atom. The molecule has 0 fully saturated rings. The van der Waals surface area contributed by atoms with Gasteiger partial charge in [-0.3, -0.25) is 9.36 Å². The number of esters is 1.